The van der Waals surface area contributed by atoms with Crippen LogP contribution in [0.25, 0.3) is 0 Å². The minimum Gasteiger partial charge on any atom is -0.347 e. The van der Waals surface area contributed by atoms with Gasteiger partial charge in [-0.05, 0) is 7.05 Å². The molecule has 0 amide bonds. The molecule has 2 aliphatic rings. The molecule has 2 heterocycles. The zero-order valence-corrected chi connectivity index (χ0v) is 8.14. The lowest BCUT2D eigenvalue weighted by Crippen LogP contribution is -2.43. The first-order chi connectivity index (χ1) is 6.35. The summed E-state index contributed by atoms with van der Waals surface area (Å²) in [5.41, 5.74) is 0. The number of likely N-dealkylation sites (N-methyl/N-ethyl adjacent to an activating group) is 1. The molecule has 0 aromatic heterocycles. The van der Waals surface area contributed by atoms with Gasteiger partial charge in [-0.1, -0.05) is 0 Å². The molecular weight excluding hydrogens is 168 g/mol. The van der Waals surface area contributed by atoms with Crippen LogP contribution in [0.4, 0.5) is 0 Å². The Labute approximate surface area is 79.0 Å². The van der Waals surface area contributed by atoms with E-state index in [1.807, 2.05) is 7.05 Å². The van der Waals surface area contributed by atoms with Crippen molar-refractivity contribution in [1.29, 1.82) is 0 Å². The Morgan fingerprint density at radius 2 is 2.23 bits per heavy atom. The van der Waals surface area contributed by atoms with Gasteiger partial charge in [-0.2, -0.15) is 0 Å². The molecule has 0 aromatic rings. The van der Waals surface area contributed by atoms with Crippen molar-refractivity contribution in [3.63, 3.8) is 0 Å². The highest BCUT2D eigenvalue weighted by atomic mass is 16.7. The average molecular weight is 186 g/mol. The first-order valence-corrected chi connectivity index (χ1v) is 5.02. The van der Waals surface area contributed by atoms with Gasteiger partial charge in [0, 0.05) is 32.5 Å². The molecule has 2 N–H and O–H groups in total. The number of hydrogen-bond acceptors (Lipinski definition) is 4. The van der Waals surface area contributed by atoms with Crippen molar-refractivity contribution in [3.8, 4) is 0 Å². The van der Waals surface area contributed by atoms with Gasteiger partial charge < -0.3 is 20.1 Å². The fourth-order valence-corrected chi connectivity index (χ4v) is 2.01. The summed E-state index contributed by atoms with van der Waals surface area (Å²) in [5.74, 6) is -0.257. The molecule has 1 spiro atoms. The Balaban J connectivity index is 1.87. The van der Waals surface area contributed by atoms with Gasteiger partial charge in [0.1, 0.15) is 0 Å². The second-order valence-corrected chi connectivity index (χ2v) is 3.77. The Kier molecular flexibility index (Phi) is 2.83. The third-order valence-electron chi connectivity index (χ3n) is 2.71. The van der Waals surface area contributed by atoms with Crippen LogP contribution in [0.15, 0.2) is 0 Å². The van der Waals surface area contributed by atoms with E-state index in [0.717, 1.165) is 39.1 Å². The molecule has 4 nitrogen and oxygen atoms in total. The number of ether oxygens (including phenoxy) is 2. The number of nitrogens with one attached hydrogen (secondary N) is 2. The maximum atomic E-state index is 5.91. The largest absolute Gasteiger partial charge is 0.347 e. The second kappa shape index (κ2) is 3.92. The zero-order chi connectivity index (χ0) is 9.15. The number of hydrogen-bond donors (Lipinski definition) is 2. The SMILES string of the molecule is CNCC1COC2(CCNCC2)O1. The van der Waals surface area contributed by atoms with Crippen LogP contribution in [-0.4, -0.2) is 45.2 Å². The molecule has 4 heteroatoms. The van der Waals surface area contributed by atoms with E-state index < -0.39 is 0 Å². The van der Waals surface area contributed by atoms with Gasteiger partial charge in [0.25, 0.3) is 0 Å². The average Bonchev–Trinajstić information content (AvgIpc) is 2.51. The van der Waals surface area contributed by atoms with Crippen LogP contribution in [-0.2, 0) is 9.47 Å². The highest BCUT2D eigenvalue weighted by molar-refractivity contribution is 4.84. The molecule has 2 saturated heterocycles. The van der Waals surface area contributed by atoms with E-state index in [9.17, 15) is 0 Å². The van der Waals surface area contributed by atoms with Gasteiger partial charge in [-0.25, -0.2) is 0 Å². The van der Waals surface area contributed by atoms with E-state index in [1.54, 1.807) is 0 Å². The van der Waals surface area contributed by atoms with Crippen molar-refractivity contribution in [2.24, 2.45) is 0 Å². The molecule has 2 rings (SSSR count). The maximum Gasteiger partial charge on any atom is 0.171 e. The summed E-state index contributed by atoms with van der Waals surface area (Å²) < 4.78 is 11.6. The van der Waals surface area contributed by atoms with E-state index in [-0.39, 0.29) is 11.9 Å². The standard InChI is InChI=1S/C9H18N2O2/c1-10-6-8-7-12-9(13-8)2-4-11-5-3-9/h8,10-11H,2-7H2,1H3. The molecule has 0 radical (unpaired) electrons. The van der Waals surface area contributed by atoms with Gasteiger partial charge in [0.15, 0.2) is 5.79 Å². The van der Waals surface area contributed by atoms with Gasteiger partial charge in [0.2, 0.25) is 0 Å². The Hall–Kier alpha value is -0.160. The second-order valence-electron chi connectivity index (χ2n) is 3.77. The highest BCUT2D eigenvalue weighted by Crippen LogP contribution is 2.31. The van der Waals surface area contributed by atoms with Crippen LogP contribution in [0.2, 0.25) is 0 Å². The minimum atomic E-state index is -0.257. The summed E-state index contributed by atoms with van der Waals surface area (Å²) >= 11 is 0. The topological polar surface area (TPSA) is 42.5 Å². The lowest BCUT2D eigenvalue weighted by molar-refractivity contribution is -0.182. The lowest BCUT2D eigenvalue weighted by Gasteiger charge is -2.32. The third-order valence-corrected chi connectivity index (χ3v) is 2.71. The van der Waals surface area contributed by atoms with Crippen molar-refractivity contribution in [2.75, 3.05) is 33.3 Å². The molecule has 2 aliphatic heterocycles. The number of rotatable bonds is 2. The normalized spacial score (nSPS) is 32.5. The van der Waals surface area contributed by atoms with Crippen LogP contribution in [0.1, 0.15) is 12.8 Å². The molecule has 0 saturated carbocycles. The highest BCUT2D eigenvalue weighted by Gasteiger charge is 2.41. The predicted molar refractivity (Wildman–Crippen MR) is 49.6 cm³/mol. The molecule has 0 aromatic carbocycles. The van der Waals surface area contributed by atoms with E-state index >= 15 is 0 Å². The predicted octanol–water partition coefficient (Wildman–Crippen LogP) is -0.299. The van der Waals surface area contributed by atoms with Crippen molar-refractivity contribution in [2.45, 2.75) is 24.7 Å². The van der Waals surface area contributed by atoms with Gasteiger partial charge in [-0.15, -0.1) is 0 Å². The van der Waals surface area contributed by atoms with Gasteiger partial charge in [-0.3, -0.25) is 0 Å². The van der Waals surface area contributed by atoms with Crippen molar-refractivity contribution in [1.82, 2.24) is 10.6 Å². The Morgan fingerprint density at radius 1 is 1.46 bits per heavy atom. The maximum absolute atomic E-state index is 5.91. The van der Waals surface area contributed by atoms with Crippen molar-refractivity contribution < 1.29 is 9.47 Å². The molecule has 0 bridgehead atoms. The summed E-state index contributed by atoms with van der Waals surface area (Å²) in [6, 6.07) is 0. The summed E-state index contributed by atoms with van der Waals surface area (Å²) in [7, 11) is 1.94. The fraction of sp³-hybridized carbons (Fsp3) is 1.00. The zero-order valence-electron chi connectivity index (χ0n) is 8.14. The van der Waals surface area contributed by atoms with E-state index in [0.29, 0.717) is 0 Å². The number of piperidine rings is 1. The lowest BCUT2D eigenvalue weighted by atomic mass is 10.1. The monoisotopic (exact) mass is 186 g/mol. The van der Waals surface area contributed by atoms with Crippen LogP contribution in [0.3, 0.4) is 0 Å². The van der Waals surface area contributed by atoms with E-state index in [1.165, 1.54) is 0 Å². The first kappa shape index (κ1) is 9.40. The Morgan fingerprint density at radius 3 is 2.92 bits per heavy atom. The Bertz CT molecular complexity index is 169. The van der Waals surface area contributed by atoms with Crippen LogP contribution >= 0.6 is 0 Å². The molecule has 13 heavy (non-hydrogen) atoms. The van der Waals surface area contributed by atoms with Crippen molar-refractivity contribution >= 4 is 0 Å². The minimum absolute atomic E-state index is 0.239. The van der Waals surface area contributed by atoms with Gasteiger partial charge >= 0.3 is 0 Å². The van der Waals surface area contributed by atoms with Crippen molar-refractivity contribution in [3.05, 3.63) is 0 Å². The van der Waals surface area contributed by atoms with E-state index in [2.05, 4.69) is 10.6 Å². The molecule has 1 unspecified atom stereocenters. The molecule has 0 aliphatic carbocycles. The molecule has 1 atom stereocenters. The van der Waals surface area contributed by atoms with Crippen LogP contribution < -0.4 is 10.6 Å². The first-order valence-electron chi connectivity index (χ1n) is 5.02. The van der Waals surface area contributed by atoms with Crippen LogP contribution in [0.5, 0.6) is 0 Å². The van der Waals surface area contributed by atoms with Gasteiger partial charge in [0.05, 0.1) is 12.7 Å². The molecule has 2 fully saturated rings. The van der Waals surface area contributed by atoms with Crippen LogP contribution in [0, 0.1) is 0 Å². The van der Waals surface area contributed by atoms with E-state index in [4.69, 9.17) is 9.47 Å². The summed E-state index contributed by atoms with van der Waals surface area (Å²) in [4.78, 5) is 0. The third kappa shape index (κ3) is 2.02. The molecular formula is C9H18N2O2. The fourth-order valence-electron chi connectivity index (χ4n) is 2.01. The smallest absolute Gasteiger partial charge is 0.171 e. The summed E-state index contributed by atoms with van der Waals surface area (Å²) in [6.07, 6.45) is 2.20. The molecule has 76 valence electrons. The quantitative estimate of drug-likeness (QED) is 0.621. The summed E-state index contributed by atoms with van der Waals surface area (Å²) in [6.45, 7) is 3.63. The summed E-state index contributed by atoms with van der Waals surface area (Å²) in [5, 5.41) is 6.42.